The first-order valence-corrected chi connectivity index (χ1v) is 21.2. The molecule has 0 heterocycles. The molecule has 0 aromatic heterocycles. The molecule has 5 nitrogen and oxygen atoms in total. The van der Waals surface area contributed by atoms with Crippen molar-refractivity contribution >= 4 is 37.1 Å². The molecule has 0 aliphatic heterocycles. The molecule has 9 heteroatoms. The van der Waals surface area contributed by atoms with Gasteiger partial charge in [0.05, 0.1) is 6.26 Å². The Morgan fingerprint density at radius 3 is 1.24 bits per heavy atom. The lowest BCUT2D eigenvalue weighted by Gasteiger charge is -2.39. The predicted molar refractivity (Wildman–Crippen MR) is 146 cm³/mol. The molecule has 0 aliphatic rings. The lowest BCUT2D eigenvalue weighted by Crippen LogP contribution is -2.29. The first kappa shape index (κ1) is 26.6. The van der Waals surface area contributed by atoms with Gasteiger partial charge >= 0.3 is 0 Å². The summed E-state index contributed by atoms with van der Waals surface area (Å²) in [6.45, 7) is 12.7. The van der Waals surface area contributed by atoms with Gasteiger partial charge in [0.2, 0.25) is 16.6 Å². The molecule has 3 rings (SSSR count). The Hall–Kier alpha value is -2.05. The van der Waals surface area contributed by atoms with Crippen molar-refractivity contribution < 1.29 is 20.9 Å². The van der Waals surface area contributed by atoms with Crippen molar-refractivity contribution in [2.75, 3.05) is 6.26 Å². The highest BCUT2D eigenvalue weighted by molar-refractivity contribution is 8.33. The third-order valence-corrected chi connectivity index (χ3v) is 10.8. The Morgan fingerprint density at radius 1 is 0.559 bits per heavy atom. The smallest absolute Gasteiger partial charge is 0.274 e. The molecule has 184 valence electrons. The van der Waals surface area contributed by atoms with Crippen LogP contribution in [0.1, 0.15) is 0 Å². The average Bonchev–Trinajstić information content (AvgIpc) is 2.71. The monoisotopic (exact) mass is 534 g/mol. The maximum atomic E-state index is 12.6. The van der Waals surface area contributed by atoms with Gasteiger partial charge in [-0.25, -0.2) is 3.63 Å². The summed E-state index contributed by atoms with van der Waals surface area (Å²) in [7, 11) is -9.97. The minimum Gasteiger partial charge on any atom is -0.544 e. The second kappa shape index (κ2) is 9.90. The molecule has 3 aromatic rings. The first-order valence-electron chi connectivity index (χ1n) is 11.1. The van der Waals surface area contributed by atoms with E-state index in [-0.39, 0.29) is 0 Å². The van der Waals surface area contributed by atoms with Crippen molar-refractivity contribution in [1.82, 2.24) is 0 Å². The van der Waals surface area contributed by atoms with E-state index in [0.717, 1.165) is 32.4 Å². The van der Waals surface area contributed by atoms with Gasteiger partial charge in [0.25, 0.3) is 10.1 Å². The molecule has 0 unspecified atom stereocenters. The highest BCUT2D eigenvalue weighted by Crippen LogP contribution is 2.70. The molecule has 0 radical (unpaired) electrons. The predicted octanol–water partition coefficient (Wildman–Crippen LogP) is 7.29. The molecule has 34 heavy (non-hydrogen) atoms. The van der Waals surface area contributed by atoms with Crippen molar-refractivity contribution in [3.63, 3.8) is 0 Å². The van der Waals surface area contributed by atoms with Crippen molar-refractivity contribution in [2.24, 2.45) is 0 Å². The van der Waals surface area contributed by atoms with Crippen LogP contribution in [0.25, 0.3) is 0 Å². The molecule has 0 atom stereocenters. The summed E-state index contributed by atoms with van der Waals surface area (Å²) >= 11 is 0. The average molecular weight is 535 g/mol. The van der Waals surface area contributed by atoms with Crippen molar-refractivity contribution in [2.45, 2.75) is 54.0 Å². The zero-order valence-electron chi connectivity index (χ0n) is 20.9. The fraction of sp³-hybridized carbons (Fsp3) is 0.280. The zero-order chi connectivity index (χ0) is 25.2. The maximum Gasteiger partial charge on any atom is 0.274 e. The molecule has 0 bridgehead atoms. The van der Waals surface area contributed by atoms with Gasteiger partial charge in [-0.05, 0) is 110 Å². The van der Waals surface area contributed by atoms with Crippen LogP contribution in [0, 0.1) is 0 Å². The summed E-state index contributed by atoms with van der Waals surface area (Å²) in [5, 5.41) is 0. The van der Waals surface area contributed by atoms with Crippen LogP contribution in [0.5, 0.6) is 11.5 Å². The number of benzene rings is 3. The van der Waals surface area contributed by atoms with Crippen LogP contribution < -0.4 is 8.85 Å². The lowest BCUT2D eigenvalue weighted by molar-refractivity contribution is 0.515. The molecule has 0 saturated heterocycles. The summed E-state index contributed by atoms with van der Waals surface area (Å²) in [5.41, 5.74) is 0. The molecule has 0 saturated carbocycles. The van der Waals surface area contributed by atoms with E-state index in [2.05, 4.69) is 39.3 Å². The molecule has 0 aliphatic carbocycles. The Morgan fingerprint density at radius 2 is 0.912 bits per heavy atom. The Balaban J connectivity index is 2.22. The van der Waals surface area contributed by atoms with Crippen LogP contribution in [0.2, 0.25) is 39.3 Å². The van der Waals surface area contributed by atoms with Gasteiger partial charge in [0.1, 0.15) is 11.5 Å². The normalized spacial score (nSPS) is 13.4. The van der Waals surface area contributed by atoms with E-state index in [1.165, 1.54) is 0 Å². The highest BCUT2D eigenvalue weighted by atomic mass is 32.3. The SMILES string of the molecule is C[Si](C)(C)Oc1ccc(S(OS(C)(=O)=O)(c2ccccc2)c2ccc(O[Si](C)(C)C)cc2)cc1. The number of hydrogen-bond acceptors (Lipinski definition) is 5. The van der Waals surface area contributed by atoms with Crippen molar-refractivity contribution in [3.05, 3.63) is 78.9 Å². The van der Waals surface area contributed by atoms with E-state index in [9.17, 15) is 8.42 Å². The second-order valence-corrected chi connectivity index (χ2v) is 23.3. The Kier molecular flexibility index (Phi) is 7.74. The Labute approximate surface area is 208 Å². The van der Waals surface area contributed by atoms with Gasteiger partial charge in [-0.2, -0.15) is 8.42 Å². The summed E-state index contributed by atoms with van der Waals surface area (Å²) in [6.07, 6.45) is 1.10. The molecular formula is C25H34O5S2Si2. The van der Waals surface area contributed by atoms with Crippen LogP contribution in [0.4, 0.5) is 0 Å². The molecule has 0 spiro atoms. The summed E-state index contributed by atoms with van der Waals surface area (Å²) in [4.78, 5) is 2.33. The Bertz CT molecular complexity index is 1140. The third-order valence-electron chi connectivity index (χ3n) is 4.46. The van der Waals surface area contributed by atoms with E-state index in [1.807, 2.05) is 78.9 Å². The zero-order valence-corrected chi connectivity index (χ0v) is 24.5. The maximum absolute atomic E-state index is 12.6. The van der Waals surface area contributed by atoms with E-state index in [0.29, 0.717) is 0 Å². The van der Waals surface area contributed by atoms with Gasteiger partial charge in [-0.3, -0.25) is 0 Å². The molecule has 0 fully saturated rings. The number of hydrogen-bond donors (Lipinski definition) is 0. The largest absolute Gasteiger partial charge is 0.544 e. The summed E-state index contributed by atoms with van der Waals surface area (Å²) < 4.78 is 43.6. The van der Waals surface area contributed by atoms with Gasteiger partial charge in [0.15, 0.2) is 0 Å². The second-order valence-electron chi connectivity index (χ2n) is 10.0. The minimum absolute atomic E-state index is 0.766. The van der Waals surface area contributed by atoms with Crippen molar-refractivity contribution in [3.8, 4) is 11.5 Å². The van der Waals surface area contributed by atoms with Crippen LogP contribution in [0.3, 0.4) is 0 Å². The van der Waals surface area contributed by atoms with Gasteiger partial charge in [-0.1, -0.05) is 18.2 Å². The topological polar surface area (TPSA) is 61.8 Å². The standard InChI is InChI=1S/C25H34O5S2Si2/c1-31(26,27)30-32(23-11-9-8-10-12-23,24-17-13-21(14-18-24)28-33(2,3)4)25-19-15-22(16-20-25)29-34(5,6)7/h8-20H,1-7H3. The number of rotatable bonds is 9. The van der Waals surface area contributed by atoms with Crippen LogP contribution in [-0.4, -0.2) is 31.3 Å². The van der Waals surface area contributed by atoms with Gasteiger partial charge in [0, 0.05) is 14.7 Å². The molecule has 0 amide bonds. The highest BCUT2D eigenvalue weighted by Gasteiger charge is 2.36. The fourth-order valence-corrected chi connectivity index (χ4v) is 9.94. The lowest BCUT2D eigenvalue weighted by atomic mass is 10.3. The summed E-state index contributed by atoms with van der Waals surface area (Å²) in [6, 6.07) is 24.8. The van der Waals surface area contributed by atoms with Crippen LogP contribution in [-0.2, 0) is 13.7 Å². The fourth-order valence-electron chi connectivity index (χ4n) is 3.43. The van der Waals surface area contributed by atoms with Gasteiger partial charge in [-0.15, -0.1) is 0 Å². The van der Waals surface area contributed by atoms with Crippen LogP contribution in [0.15, 0.2) is 93.5 Å². The molecular weight excluding hydrogens is 501 g/mol. The first-order chi connectivity index (χ1) is 15.7. The summed E-state index contributed by atoms with van der Waals surface area (Å²) in [5.74, 6) is 1.53. The van der Waals surface area contributed by atoms with E-state index in [1.54, 1.807) is 0 Å². The molecule has 3 aromatic carbocycles. The van der Waals surface area contributed by atoms with E-state index >= 15 is 0 Å². The van der Waals surface area contributed by atoms with Crippen LogP contribution >= 0.6 is 10.3 Å². The van der Waals surface area contributed by atoms with E-state index < -0.39 is 37.1 Å². The minimum atomic E-state index is -3.82. The van der Waals surface area contributed by atoms with Crippen molar-refractivity contribution in [1.29, 1.82) is 0 Å². The van der Waals surface area contributed by atoms with E-state index in [4.69, 9.17) is 12.5 Å². The molecule has 0 N–H and O–H groups in total. The van der Waals surface area contributed by atoms with Gasteiger partial charge < -0.3 is 8.85 Å². The quantitative estimate of drug-likeness (QED) is 0.270. The third kappa shape index (κ3) is 6.99.